The molecule has 1 aromatic carbocycles. The first-order valence-corrected chi connectivity index (χ1v) is 7.19. The molecular weight excluding hydrogens is 254 g/mol. The summed E-state index contributed by atoms with van der Waals surface area (Å²) >= 11 is 0. The number of hydrogen-bond donors (Lipinski definition) is 2. The first kappa shape index (κ1) is 16.5. The third-order valence-electron chi connectivity index (χ3n) is 3.09. The van der Waals surface area contributed by atoms with Gasteiger partial charge in [0.05, 0.1) is 13.0 Å². The van der Waals surface area contributed by atoms with Crippen LogP contribution in [0.3, 0.4) is 0 Å². The number of ether oxygens (including phenoxy) is 1. The van der Waals surface area contributed by atoms with Crippen molar-refractivity contribution in [2.75, 3.05) is 19.8 Å². The lowest BCUT2D eigenvalue weighted by molar-refractivity contribution is -0.121. The summed E-state index contributed by atoms with van der Waals surface area (Å²) in [5, 5.41) is 11.7. The maximum atomic E-state index is 11.6. The minimum Gasteiger partial charge on any atom is -0.493 e. The van der Waals surface area contributed by atoms with Crippen LogP contribution in [0.1, 0.15) is 31.7 Å². The Morgan fingerprint density at radius 2 is 2.25 bits per heavy atom. The van der Waals surface area contributed by atoms with Crippen molar-refractivity contribution in [3.05, 3.63) is 29.8 Å². The zero-order chi connectivity index (χ0) is 14.8. The second-order valence-corrected chi connectivity index (χ2v) is 5.19. The molecule has 0 radical (unpaired) electrons. The number of benzene rings is 1. The Hall–Kier alpha value is -1.55. The summed E-state index contributed by atoms with van der Waals surface area (Å²) < 4.78 is 5.53. The highest BCUT2D eigenvalue weighted by atomic mass is 16.5. The molecule has 4 nitrogen and oxygen atoms in total. The molecule has 0 saturated carbocycles. The summed E-state index contributed by atoms with van der Waals surface area (Å²) in [5.74, 6) is 1.11. The van der Waals surface area contributed by atoms with Crippen molar-refractivity contribution >= 4 is 5.91 Å². The largest absolute Gasteiger partial charge is 0.493 e. The number of nitrogens with one attached hydrogen (secondary N) is 1. The lowest BCUT2D eigenvalue weighted by atomic mass is 10.1. The molecule has 1 unspecified atom stereocenters. The Morgan fingerprint density at radius 3 is 2.95 bits per heavy atom. The van der Waals surface area contributed by atoms with Gasteiger partial charge in [-0.3, -0.25) is 4.79 Å². The molecule has 1 rings (SSSR count). The van der Waals surface area contributed by atoms with Gasteiger partial charge < -0.3 is 15.2 Å². The molecule has 0 heterocycles. The van der Waals surface area contributed by atoms with Crippen molar-refractivity contribution in [2.24, 2.45) is 5.92 Å². The Morgan fingerprint density at radius 1 is 1.45 bits per heavy atom. The molecule has 0 aliphatic rings. The van der Waals surface area contributed by atoms with Gasteiger partial charge in [-0.15, -0.1) is 0 Å². The molecule has 0 saturated heterocycles. The number of hydrogen-bond acceptors (Lipinski definition) is 3. The molecule has 0 spiro atoms. The van der Waals surface area contributed by atoms with Crippen LogP contribution in [0.25, 0.3) is 0 Å². The van der Waals surface area contributed by atoms with Crippen LogP contribution in [0.15, 0.2) is 24.3 Å². The molecule has 1 atom stereocenters. The van der Waals surface area contributed by atoms with Gasteiger partial charge in [0.2, 0.25) is 5.91 Å². The van der Waals surface area contributed by atoms with Gasteiger partial charge in [0.1, 0.15) is 5.75 Å². The van der Waals surface area contributed by atoms with Crippen molar-refractivity contribution < 1.29 is 14.6 Å². The fraction of sp³-hybridized carbons (Fsp3) is 0.562. The maximum absolute atomic E-state index is 11.6. The molecule has 2 N–H and O–H groups in total. The van der Waals surface area contributed by atoms with Gasteiger partial charge in [-0.1, -0.05) is 19.1 Å². The first-order valence-electron chi connectivity index (χ1n) is 7.19. The highest BCUT2D eigenvalue weighted by Crippen LogP contribution is 2.12. The monoisotopic (exact) mass is 279 g/mol. The van der Waals surface area contributed by atoms with E-state index in [1.54, 1.807) is 0 Å². The number of aliphatic hydroxyl groups excluding tert-OH is 1. The quantitative estimate of drug-likeness (QED) is 0.682. The fourth-order valence-electron chi connectivity index (χ4n) is 1.82. The molecule has 112 valence electrons. The predicted octanol–water partition coefficient (Wildman–Crippen LogP) is 2.29. The summed E-state index contributed by atoms with van der Waals surface area (Å²) in [7, 11) is 0. The topological polar surface area (TPSA) is 58.6 Å². The van der Waals surface area contributed by atoms with Gasteiger partial charge >= 0.3 is 0 Å². The van der Waals surface area contributed by atoms with E-state index in [1.807, 2.05) is 38.1 Å². The Balaban J connectivity index is 2.08. The second-order valence-electron chi connectivity index (χ2n) is 5.19. The van der Waals surface area contributed by atoms with Gasteiger partial charge in [0.25, 0.3) is 0 Å². The molecule has 20 heavy (non-hydrogen) atoms. The molecule has 4 heteroatoms. The van der Waals surface area contributed by atoms with E-state index in [0.29, 0.717) is 25.5 Å². The van der Waals surface area contributed by atoms with Crippen LogP contribution in [0.5, 0.6) is 5.75 Å². The van der Waals surface area contributed by atoms with E-state index < -0.39 is 0 Å². The van der Waals surface area contributed by atoms with Gasteiger partial charge in [-0.2, -0.15) is 0 Å². The first-order chi connectivity index (χ1) is 9.61. The normalized spacial score (nSPS) is 11.9. The summed E-state index contributed by atoms with van der Waals surface area (Å²) in [6.45, 7) is 5.26. The molecule has 0 aromatic heterocycles. The van der Waals surface area contributed by atoms with Crippen molar-refractivity contribution in [3.63, 3.8) is 0 Å². The summed E-state index contributed by atoms with van der Waals surface area (Å²) in [6.07, 6.45) is 2.19. The highest BCUT2D eigenvalue weighted by Gasteiger charge is 2.03. The average Bonchev–Trinajstić information content (AvgIpc) is 2.43. The van der Waals surface area contributed by atoms with Crippen LogP contribution in [0, 0.1) is 12.8 Å². The number of carbonyl (C=O) groups excluding carboxylic acids is 1. The number of carbonyl (C=O) groups is 1. The third kappa shape index (κ3) is 7.14. The second kappa shape index (κ2) is 9.37. The highest BCUT2D eigenvalue weighted by molar-refractivity contribution is 5.75. The van der Waals surface area contributed by atoms with E-state index in [2.05, 4.69) is 5.32 Å². The minimum atomic E-state index is 0.00862. The van der Waals surface area contributed by atoms with Gasteiger partial charge in [-0.25, -0.2) is 0 Å². The van der Waals surface area contributed by atoms with Crippen LogP contribution in [0.4, 0.5) is 0 Å². The SMILES string of the molecule is Cc1cccc(OCCC(=O)NCCCC(C)CO)c1. The lowest BCUT2D eigenvalue weighted by Gasteiger charge is -2.09. The van der Waals surface area contributed by atoms with Crippen LogP contribution < -0.4 is 10.1 Å². The molecule has 0 aliphatic heterocycles. The van der Waals surface area contributed by atoms with E-state index in [9.17, 15) is 4.79 Å². The maximum Gasteiger partial charge on any atom is 0.223 e. The van der Waals surface area contributed by atoms with Crippen LogP contribution in [-0.4, -0.2) is 30.8 Å². The average molecular weight is 279 g/mol. The third-order valence-corrected chi connectivity index (χ3v) is 3.09. The lowest BCUT2D eigenvalue weighted by Crippen LogP contribution is -2.26. The van der Waals surface area contributed by atoms with Crippen molar-refractivity contribution in [3.8, 4) is 5.75 Å². The smallest absolute Gasteiger partial charge is 0.223 e. The van der Waals surface area contributed by atoms with E-state index in [4.69, 9.17) is 9.84 Å². The molecule has 1 aromatic rings. The standard InChI is InChI=1S/C16H25NO3/c1-13-5-3-7-15(11-13)20-10-8-16(19)17-9-4-6-14(2)12-18/h3,5,7,11,14,18H,4,6,8-10,12H2,1-2H3,(H,17,19). The molecule has 1 amide bonds. The number of amides is 1. The van der Waals surface area contributed by atoms with E-state index in [0.717, 1.165) is 24.2 Å². The predicted molar refractivity (Wildman–Crippen MR) is 79.8 cm³/mol. The van der Waals surface area contributed by atoms with E-state index in [1.165, 1.54) is 0 Å². The van der Waals surface area contributed by atoms with Crippen molar-refractivity contribution in [2.45, 2.75) is 33.1 Å². The van der Waals surface area contributed by atoms with Crippen LogP contribution >= 0.6 is 0 Å². The Kier molecular flexibility index (Phi) is 7.73. The summed E-state index contributed by atoms with van der Waals surface area (Å²) in [6, 6.07) is 7.79. The van der Waals surface area contributed by atoms with E-state index >= 15 is 0 Å². The molecule has 0 fully saturated rings. The molecule has 0 aliphatic carbocycles. The molecular formula is C16H25NO3. The number of rotatable bonds is 9. The Labute approximate surface area is 121 Å². The van der Waals surface area contributed by atoms with Crippen LogP contribution in [-0.2, 0) is 4.79 Å². The summed E-state index contributed by atoms with van der Waals surface area (Å²) in [5.41, 5.74) is 1.14. The Bertz CT molecular complexity index is 406. The van der Waals surface area contributed by atoms with Crippen LogP contribution in [0.2, 0.25) is 0 Å². The number of aliphatic hydroxyl groups is 1. The zero-order valence-electron chi connectivity index (χ0n) is 12.4. The van der Waals surface area contributed by atoms with Gasteiger partial charge in [0.15, 0.2) is 0 Å². The zero-order valence-corrected chi connectivity index (χ0v) is 12.4. The number of aryl methyl sites for hydroxylation is 1. The van der Waals surface area contributed by atoms with Crippen molar-refractivity contribution in [1.82, 2.24) is 5.32 Å². The van der Waals surface area contributed by atoms with E-state index in [-0.39, 0.29) is 12.5 Å². The van der Waals surface area contributed by atoms with Gasteiger partial charge in [0, 0.05) is 13.2 Å². The van der Waals surface area contributed by atoms with Crippen molar-refractivity contribution in [1.29, 1.82) is 0 Å². The summed E-state index contributed by atoms with van der Waals surface area (Å²) in [4.78, 5) is 11.6. The minimum absolute atomic E-state index is 0.00862. The van der Waals surface area contributed by atoms with Gasteiger partial charge in [-0.05, 0) is 43.4 Å². The molecule has 0 bridgehead atoms. The fourth-order valence-corrected chi connectivity index (χ4v) is 1.82.